The van der Waals surface area contributed by atoms with Crippen molar-refractivity contribution in [3.8, 4) is 0 Å². The third-order valence-electron chi connectivity index (χ3n) is 3.74. The van der Waals surface area contributed by atoms with Gasteiger partial charge in [0.25, 0.3) is 0 Å². The molecule has 7 nitrogen and oxygen atoms in total. The Morgan fingerprint density at radius 3 is 2.55 bits per heavy atom. The van der Waals surface area contributed by atoms with Crippen LogP contribution in [-0.2, 0) is 14.4 Å². The standard InChI is InChI=1S/C13H22N2O5/c1-8-3-2-6-13(14,7-8)12(20)15-9(11(18)19)4-5-10(16)17/h8-9H,2-7,14H2,1H3,(H,15,20)(H,16,17)(H,18,19)/t8?,9-,13?/m0/s1. The van der Waals surface area contributed by atoms with E-state index in [0.717, 1.165) is 12.8 Å². The van der Waals surface area contributed by atoms with Gasteiger partial charge in [-0.05, 0) is 25.2 Å². The van der Waals surface area contributed by atoms with Gasteiger partial charge in [-0.3, -0.25) is 9.59 Å². The summed E-state index contributed by atoms with van der Waals surface area (Å²) in [5.74, 6) is -2.52. The highest BCUT2D eigenvalue weighted by molar-refractivity contribution is 5.90. The first-order chi connectivity index (χ1) is 9.24. The summed E-state index contributed by atoms with van der Waals surface area (Å²) in [6.45, 7) is 2.01. The molecule has 0 aromatic rings. The number of carbonyl (C=O) groups excluding carboxylic acids is 1. The van der Waals surface area contributed by atoms with Crippen molar-refractivity contribution >= 4 is 17.8 Å². The van der Waals surface area contributed by atoms with Crippen LogP contribution in [0, 0.1) is 5.92 Å². The first kappa shape index (κ1) is 16.4. The summed E-state index contributed by atoms with van der Waals surface area (Å²) in [4.78, 5) is 33.7. The highest BCUT2D eigenvalue weighted by atomic mass is 16.4. The fourth-order valence-corrected chi connectivity index (χ4v) is 2.63. The number of nitrogens with one attached hydrogen (secondary N) is 1. The average Bonchev–Trinajstić information content (AvgIpc) is 2.33. The van der Waals surface area contributed by atoms with Gasteiger partial charge >= 0.3 is 11.9 Å². The fraction of sp³-hybridized carbons (Fsp3) is 0.769. The van der Waals surface area contributed by atoms with Gasteiger partial charge in [-0.1, -0.05) is 19.8 Å². The summed E-state index contributed by atoms with van der Waals surface area (Å²) < 4.78 is 0. The van der Waals surface area contributed by atoms with Gasteiger partial charge < -0.3 is 21.3 Å². The van der Waals surface area contributed by atoms with Crippen LogP contribution < -0.4 is 11.1 Å². The van der Waals surface area contributed by atoms with Gasteiger partial charge in [-0.2, -0.15) is 0 Å². The van der Waals surface area contributed by atoms with Crippen molar-refractivity contribution in [2.45, 2.75) is 57.0 Å². The molecule has 2 unspecified atom stereocenters. The van der Waals surface area contributed by atoms with Crippen molar-refractivity contribution in [3.63, 3.8) is 0 Å². The van der Waals surface area contributed by atoms with Crippen molar-refractivity contribution in [1.82, 2.24) is 5.32 Å². The third-order valence-corrected chi connectivity index (χ3v) is 3.74. The molecule has 114 valence electrons. The minimum atomic E-state index is -1.24. The monoisotopic (exact) mass is 286 g/mol. The highest BCUT2D eigenvalue weighted by Gasteiger charge is 2.39. The minimum Gasteiger partial charge on any atom is -0.481 e. The first-order valence-corrected chi connectivity index (χ1v) is 6.79. The molecule has 0 aromatic heterocycles. The molecule has 1 aliphatic carbocycles. The predicted molar refractivity (Wildman–Crippen MR) is 71.0 cm³/mol. The summed E-state index contributed by atoms with van der Waals surface area (Å²) in [6, 6.07) is -1.21. The summed E-state index contributed by atoms with van der Waals surface area (Å²) in [5, 5.41) is 20.0. The topological polar surface area (TPSA) is 130 Å². The Kier molecular flexibility index (Phi) is 5.50. The Balaban J connectivity index is 2.65. The molecule has 0 heterocycles. The highest BCUT2D eigenvalue weighted by Crippen LogP contribution is 2.30. The molecule has 1 aliphatic rings. The van der Waals surface area contributed by atoms with E-state index in [1.54, 1.807) is 0 Å². The van der Waals surface area contributed by atoms with Gasteiger partial charge in [0, 0.05) is 6.42 Å². The van der Waals surface area contributed by atoms with Crippen molar-refractivity contribution < 1.29 is 24.6 Å². The molecule has 0 spiro atoms. The minimum absolute atomic E-state index is 0.151. The average molecular weight is 286 g/mol. The predicted octanol–water partition coefficient (Wildman–Crippen LogP) is 0.328. The van der Waals surface area contributed by atoms with Gasteiger partial charge in [-0.25, -0.2) is 4.79 Å². The SMILES string of the molecule is CC1CCCC(N)(C(=O)N[C@@H](CCC(=O)O)C(=O)O)C1. The lowest BCUT2D eigenvalue weighted by Gasteiger charge is -2.36. The van der Waals surface area contributed by atoms with E-state index < -0.39 is 29.4 Å². The van der Waals surface area contributed by atoms with Crippen LogP contribution >= 0.6 is 0 Å². The maximum absolute atomic E-state index is 12.2. The van der Waals surface area contributed by atoms with Crippen LogP contribution in [0.2, 0.25) is 0 Å². The number of carboxylic acids is 2. The zero-order chi connectivity index (χ0) is 15.3. The van der Waals surface area contributed by atoms with E-state index in [9.17, 15) is 14.4 Å². The molecule has 0 saturated heterocycles. The Hall–Kier alpha value is -1.63. The summed E-state index contributed by atoms with van der Waals surface area (Å²) in [5.41, 5.74) is 5.03. The summed E-state index contributed by atoms with van der Waals surface area (Å²) in [7, 11) is 0. The second-order valence-electron chi connectivity index (χ2n) is 5.65. The first-order valence-electron chi connectivity index (χ1n) is 6.79. The molecule has 5 N–H and O–H groups in total. The fourth-order valence-electron chi connectivity index (χ4n) is 2.63. The van der Waals surface area contributed by atoms with Crippen LogP contribution in [0.15, 0.2) is 0 Å². The van der Waals surface area contributed by atoms with E-state index in [1.807, 2.05) is 6.92 Å². The molecule has 1 amide bonds. The molecule has 20 heavy (non-hydrogen) atoms. The molecule has 3 atom stereocenters. The van der Waals surface area contributed by atoms with Gasteiger partial charge in [-0.15, -0.1) is 0 Å². The van der Waals surface area contributed by atoms with E-state index in [0.29, 0.717) is 18.8 Å². The molecule has 0 aromatic carbocycles. The number of carbonyl (C=O) groups is 3. The molecule has 1 fully saturated rings. The molecular formula is C13H22N2O5. The van der Waals surface area contributed by atoms with Crippen LogP contribution in [0.4, 0.5) is 0 Å². The van der Waals surface area contributed by atoms with E-state index in [-0.39, 0.29) is 12.8 Å². The molecular weight excluding hydrogens is 264 g/mol. The zero-order valence-electron chi connectivity index (χ0n) is 11.6. The maximum Gasteiger partial charge on any atom is 0.326 e. The normalized spacial score (nSPS) is 27.6. The van der Waals surface area contributed by atoms with Crippen LogP contribution in [0.3, 0.4) is 0 Å². The van der Waals surface area contributed by atoms with Gasteiger partial charge in [0.1, 0.15) is 6.04 Å². The number of amides is 1. The van der Waals surface area contributed by atoms with Crippen LogP contribution in [0.1, 0.15) is 45.4 Å². The van der Waals surface area contributed by atoms with Gasteiger partial charge in [0.15, 0.2) is 0 Å². The van der Waals surface area contributed by atoms with Crippen LogP contribution in [-0.4, -0.2) is 39.6 Å². The number of hydrogen-bond acceptors (Lipinski definition) is 4. The van der Waals surface area contributed by atoms with E-state index in [4.69, 9.17) is 15.9 Å². The summed E-state index contributed by atoms with van der Waals surface area (Å²) >= 11 is 0. The zero-order valence-corrected chi connectivity index (χ0v) is 11.6. The Morgan fingerprint density at radius 1 is 1.40 bits per heavy atom. The smallest absolute Gasteiger partial charge is 0.326 e. The molecule has 1 rings (SSSR count). The van der Waals surface area contributed by atoms with E-state index in [2.05, 4.69) is 5.32 Å². The molecule has 7 heteroatoms. The molecule has 0 bridgehead atoms. The van der Waals surface area contributed by atoms with E-state index in [1.165, 1.54) is 0 Å². The van der Waals surface area contributed by atoms with Crippen molar-refractivity contribution in [2.24, 2.45) is 11.7 Å². The number of hydrogen-bond donors (Lipinski definition) is 4. The summed E-state index contributed by atoms with van der Waals surface area (Å²) in [6.07, 6.45) is 2.41. The lowest BCUT2D eigenvalue weighted by atomic mass is 9.76. The van der Waals surface area contributed by atoms with Crippen molar-refractivity contribution in [2.75, 3.05) is 0 Å². The van der Waals surface area contributed by atoms with Gasteiger partial charge in [0.2, 0.25) is 5.91 Å². The number of carboxylic acid groups (broad SMARTS) is 2. The lowest BCUT2D eigenvalue weighted by molar-refractivity contribution is -0.144. The maximum atomic E-state index is 12.2. The lowest BCUT2D eigenvalue weighted by Crippen LogP contribution is -2.59. The van der Waals surface area contributed by atoms with Crippen molar-refractivity contribution in [1.29, 1.82) is 0 Å². The number of aliphatic carboxylic acids is 2. The van der Waals surface area contributed by atoms with Gasteiger partial charge in [0.05, 0.1) is 5.54 Å². The second kappa shape index (κ2) is 6.69. The molecule has 0 radical (unpaired) electrons. The number of rotatable bonds is 6. The Bertz CT molecular complexity index is 398. The molecule has 0 aliphatic heterocycles. The molecule has 1 saturated carbocycles. The van der Waals surface area contributed by atoms with Crippen molar-refractivity contribution in [3.05, 3.63) is 0 Å². The van der Waals surface area contributed by atoms with E-state index >= 15 is 0 Å². The Labute approximate surface area is 117 Å². The second-order valence-corrected chi connectivity index (χ2v) is 5.65. The van der Waals surface area contributed by atoms with Crippen LogP contribution in [0.5, 0.6) is 0 Å². The number of nitrogens with two attached hydrogens (primary N) is 1. The largest absolute Gasteiger partial charge is 0.481 e. The quantitative estimate of drug-likeness (QED) is 0.556. The Morgan fingerprint density at radius 2 is 2.05 bits per heavy atom. The third kappa shape index (κ3) is 4.48. The van der Waals surface area contributed by atoms with Crippen LogP contribution in [0.25, 0.3) is 0 Å².